The predicted molar refractivity (Wildman–Crippen MR) is 352 cm³/mol. The van der Waals surface area contributed by atoms with Crippen molar-refractivity contribution in [2.75, 3.05) is 13.2 Å². The number of hydrogen-bond donors (Lipinski definition) is 3. The zero-order chi connectivity index (χ0) is 57.8. The summed E-state index contributed by atoms with van der Waals surface area (Å²) in [5.41, 5.74) is 0. The first-order chi connectivity index (χ1) is 39.5. The molecule has 0 rings (SSSR count). The van der Waals surface area contributed by atoms with Crippen LogP contribution in [0.2, 0.25) is 0 Å². The van der Waals surface area contributed by atoms with Crippen molar-refractivity contribution in [3.05, 3.63) is 36.5 Å². The van der Waals surface area contributed by atoms with Crippen LogP contribution in [0.15, 0.2) is 36.5 Å². The standard InChI is InChI=1S/C74H141NO5/c1-3-5-7-9-11-13-15-17-19-20-21-29-32-35-39-42-46-50-54-58-62-66-72(77)71(70-76)75-73(78)67-63-59-55-51-47-43-40-36-33-30-27-25-23-22-24-26-28-31-34-37-41-45-49-53-57-61-65-69-80-74(79)68-64-60-56-52-48-44-38-18-16-14-12-10-8-6-4-2/h12,14,18,38,62,66,71-72,76-77H,3-11,13,15-17,19-37,39-61,63-65,67-70H2,1-2H3,(H,75,78)/b14-12-,38-18-,66-62+. The Bertz CT molecular complexity index is 1300. The Morgan fingerprint density at radius 2 is 0.625 bits per heavy atom. The molecule has 0 saturated carbocycles. The van der Waals surface area contributed by atoms with Crippen LogP contribution >= 0.6 is 0 Å². The van der Waals surface area contributed by atoms with Crippen LogP contribution in [-0.4, -0.2) is 47.4 Å². The molecular formula is C74H141NO5. The molecule has 0 aromatic heterocycles. The number of aliphatic hydroxyl groups is 2. The van der Waals surface area contributed by atoms with Crippen LogP contribution in [0.1, 0.15) is 399 Å². The Balaban J connectivity index is 3.38. The van der Waals surface area contributed by atoms with Crippen LogP contribution in [0, 0.1) is 0 Å². The van der Waals surface area contributed by atoms with Gasteiger partial charge in [-0.2, -0.15) is 0 Å². The molecule has 0 aliphatic rings. The van der Waals surface area contributed by atoms with E-state index in [1.54, 1.807) is 6.08 Å². The smallest absolute Gasteiger partial charge is 0.305 e. The van der Waals surface area contributed by atoms with Crippen molar-refractivity contribution in [1.29, 1.82) is 0 Å². The number of esters is 1. The van der Waals surface area contributed by atoms with Gasteiger partial charge in [-0.25, -0.2) is 0 Å². The molecule has 6 nitrogen and oxygen atoms in total. The van der Waals surface area contributed by atoms with Crippen molar-refractivity contribution in [3.63, 3.8) is 0 Å². The number of carbonyl (C=O) groups is 2. The van der Waals surface area contributed by atoms with E-state index in [0.29, 0.717) is 19.4 Å². The van der Waals surface area contributed by atoms with Gasteiger partial charge in [-0.3, -0.25) is 9.59 Å². The first kappa shape index (κ1) is 78.1. The number of allylic oxidation sites excluding steroid dienone is 5. The molecule has 6 heteroatoms. The number of unbranched alkanes of at least 4 members (excludes halogenated alkanes) is 53. The summed E-state index contributed by atoms with van der Waals surface area (Å²) in [6, 6.07) is -0.627. The molecule has 0 aromatic rings. The number of ether oxygens (including phenoxy) is 1. The minimum absolute atomic E-state index is 0.00416. The number of nitrogens with one attached hydrogen (secondary N) is 1. The second-order valence-electron chi connectivity index (χ2n) is 24.9. The molecule has 472 valence electrons. The van der Waals surface area contributed by atoms with E-state index in [2.05, 4.69) is 43.5 Å². The quantitative estimate of drug-likeness (QED) is 0.0320. The van der Waals surface area contributed by atoms with Gasteiger partial charge in [0.1, 0.15) is 0 Å². The van der Waals surface area contributed by atoms with E-state index >= 15 is 0 Å². The van der Waals surface area contributed by atoms with Crippen LogP contribution in [0.25, 0.3) is 0 Å². The summed E-state index contributed by atoms with van der Waals surface area (Å²) >= 11 is 0. The lowest BCUT2D eigenvalue weighted by Gasteiger charge is -2.20. The second-order valence-corrected chi connectivity index (χ2v) is 24.9. The molecule has 1 amide bonds. The molecule has 0 heterocycles. The van der Waals surface area contributed by atoms with Crippen molar-refractivity contribution in [1.82, 2.24) is 5.32 Å². The highest BCUT2D eigenvalue weighted by Gasteiger charge is 2.18. The van der Waals surface area contributed by atoms with E-state index in [4.69, 9.17) is 4.74 Å². The molecule has 0 bridgehead atoms. The second kappa shape index (κ2) is 69.6. The molecule has 80 heavy (non-hydrogen) atoms. The van der Waals surface area contributed by atoms with Gasteiger partial charge in [0.25, 0.3) is 0 Å². The zero-order valence-electron chi connectivity index (χ0n) is 54.1. The molecule has 0 aliphatic carbocycles. The average molecular weight is 1120 g/mol. The Morgan fingerprint density at radius 1 is 0.350 bits per heavy atom. The van der Waals surface area contributed by atoms with Gasteiger partial charge in [0.2, 0.25) is 5.91 Å². The number of hydrogen-bond acceptors (Lipinski definition) is 5. The fourth-order valence-corrected chi connectivity index (χ4v) is 11.4. The lowest BCUT2D eigenvalue weighted by Crippen LogP contribution is -2.45. The first-order valence-corrected chi connectivity index (χ1v) is 36.3. The SMILES string of the molecule is CCCCC/C=C\C/C=C\CCCCCCCC(=O)OCCCCCCCCCCCCCCCCCCCCCCCCCCCCCC(=O)NC(CO)C(O)/C=C/CCCCCCCCCCCCCCCCCCCCC. The highest BCUT2D eigenvalue weighted by atomic mass is 16.5. The summed E-state index contributed by atoms with van der Waals surface area (Å²) in [6.45, 7) is 4.91. The maximum atomic E-state index is 12.5. The third-order valence-electron chi connectivity index (χ3n) is 16.9. The van der Waals surface area contributed by atoms with Crippen molar-refractivity contribution < 1.29 is 24.5 Å². The number of carbonyl (C=O) groups excluding carboxylic acids is 2. The van der Waals surface area contributed by atoms with Gasteiger partial charge in [0.15, 0.2) is 0 Å². The minimum atomic E-state index is -0.844. The van der Waals surface area contributed by atoms with E-state index in [-0.39, 0.29) is 18.5 Å². The monoisotopic (exact) mass is 1120 g/mol. The molecule has 0 spiro atoms. The number of rotatable bonds is 68. The summed E-state index contributed by atoms with van der Waals surface area (Å²) in [7, 11) is 0. The third kappa shape index (κ3) is 65.2. The van der Waals surface area contributed by atoms with Crippen molar-refractivity contribution in [3.8, 4) is 0 Å². The zero-order valence-corrected chi connectivity index (χ0v) is 54.1. The fraction of sp³-hybridized carbons (Fsp3) is 0.892. The Morgan fingerprint density at radius 3 is 0.975 bits per heavy atom. The van der Waals surface area contributed by atoms with Gasteiger partial charge in [0, 0.05) is 12.8 Å². The van der Waals surface area contributed by atoms with Crippen LogP contribution < -0.4 is 5.32 Å². The van der Waals surface area contributed by atoms with Gasteiger partial charge < -0.3 is 20.3 Å². The number of amides is 1. The molecule has 3 N–H and O–H groups in total. The largest absolute Gasteiger partial charge is 0.466 e. The van der Waals surface area contributed by atoms with Gasteiger partial charge in [-0.15, -0.1) is 0 Å². The molecular weight excluding hydrogens is 983 g/mol. The van der Waals surface area contributed by atoms with Crippen molar-refractivity contribution >= 4 is 11.9 Å². The highest BCUT2D eigenvalue weighted by molar-refractivity contribution is 5.76. The van der Waals surface area contributed by atoms with Gasteiger partial charge in [-0.1, -0.05) is 359 Å². The predicted octanol–water partition coefficient (Wildman–Crippen LogP) is 23.5. The third-order valence-corrected chi connectivity index (χ3v) is 16.9. The lowest BCUT2D eigenvalue weighted by atomic mass is 10.0. The summed E-state index contributed by atoms with van der Waals surface area (Å²) in [6.07, 6.45) is 89.4. The summed E-state index contributed by atoms with van der Waals surface area (Å²) in [5.74, 6) is -0.0573. The topological polar surface area (TPSA) is 95.9 Å². The lowest BCUT2D eigenvalue weighted by molar-refractivity contribution is -0.143. The molecule has 0 aliphatic heterocycles. The van der Waals surface area contributed by atoms with Gasteiger partial charge in [-0.05, 0) is 64.2 Å². The molecule has 0 aromatic carbocycles. The van der Waals surface area contributed by atoms with Crippen LogP contribution in [0.4, 0.5) is 0 Å². The van der Waals surface area contributed by atoms with Crippen molar-refractivity contribution in [2.45, 2.75) is 411 Å². The molecule has 0 saturated heterocycles. The van der Waals surface area contributed by atoms with E-state index in [0.717, 1.165) is 51.4 Å². The normalized spacial score (nSPS) is 12.7. The molecule has 0 fully saturated rings. The summed E-state index contributed by atoms with van der Waals surface area (Å²) in [5, 5.41) is 23.3. The summed E-state index contributed by atoms with van der Waals surface area (Å²) in [4.78, 5) is 24.6. The Labute approximate surface area is 500 Å². The van der Waals surface area contributed by atoms with E-state index in [1.807, 2.05) is 6.08 Å². The Kier molecular flexibility index (Phi) is 67.9. The minimum Gasteiger partial charge on any atom is -0.466 e. The highest BCUT2D eigenvalue weighted by Crippen LogP contribution is 2.19. The number of aliphatic hydroxyl groups excluding tert-OH is 2. The van der Waals surface area contributed by atoms with E-state index < -0.39 is 12.1 Å². The van der Waals surface area contributed by atoms with Gasteiger partial charge in [0.05, 0.1) is 25.4 Å². The maximum Gasteiger partial charge on any atom is 0.305 e. The maximum absolute atomic E-state index is 12.5. The Hall–Kier alpha value is -1.92. The molecule has 0 radical (unpaired) electrons. The molecule has 2 atom stereocenters. The van der Waals surface area contributed by atoms with Gasteiger partial charge >= 0.3 is 5.97 Å². The average Bonchev–Trinajstić information content (AvgIpc) is 3.46. The van der Waals surface area contributed by atoms with E-state index in [1.165, 1.54) is 321 Å². The summed E-state index contributed by atoms with van der Waals surface area (Å²) < 4.78 is 5.49. The first-order valence-electron chi connectivity index (χ1n) is 36.3. The van der Waals surface area contributed by atoms with Crippen LogP contribution in [-0.2, 0) is 14.3 Å². The van der Waals surface area contributed by atoms with Crippen LogP contribution in [0.5, 0.6) is 0 Å². The van der Waals surface area contributed by atoms with Crippen LogP contribution in [0.3, 0.4) is 0 Å². The van der Waals surface area contributed by atoms with E-state index in [9.17, 15) is 19.8 Å². The molecule has 2 unspecified atom stereocenters. The fourth-order valence-electron chi connectivity index (χ4n) is 11.4. The van der Waals surface area contributed by atoms with Crippen molar-refractivity contribution in [2.24, 2.45) is 0 Å².